The van der Waals surface area contributed by atoms with Crippen molar-refractivity contribution in [2.24, 2.45) is 0 Å². The van der Waals surface area contributed by atoms with E-state index in [0.717, 1.165) is 16.8 Å². The summed E-state index contributed by atoms with van der Waals surface area (Å²) in [5.74, 6) is 0.698. The highest BCUT2D eigenvalue weighted by atomic mass is 16.1. The minimum Gasteiger partial charge on any atom is -0.321 e. The van der Waals surface area contributed by atoms with Crippen LogP contribution in [0.4, 0.5) is 5.69 Å². The molecule has 1 N–H and O–H groups in total. The number of carbonyl (C=O) groups excluding carboxylic acids is 1. The number of carbonyl (C=O) groups is 1. The smallest absolute Gasteiger partial charge is 0.255 e. The summed E-state index contributed by atoms with van der Waals surface area (Å²) in [6.45, 7) is 12.7. The standard InChI is InChI=1S/C21H27NO/c1-13(2)17-8-7-9-18(14(3)4)20(17)22-21(23)19-11-10-15(5)12-16(19)6/h7-14H,1-6H3,(H,22,23). The molecule has 23 heavy (non-hydrogen) atoms. The highest BCUT2D eigenvalue weighted by molar-refractivity contribution is 6.06. The molecule has 0 unspecified atom stereocenters. The second-order valence-corrected chi connectivity index (χ2v) is 6.89. The van der Waals surface area contributed by atoms with Crippen LogP contribution < -0.4 is 5.32 Å². The lowest BCUT2D eigenvalue weighted by Gasteiger charge is -2.20. The van der Waals surface area contributed by atoms with Gasteiger partial charge in [-0.3, -0.25) is 4.79 Å². The first-order valence-electron chi connectivity index (χ1n) is 8.32. The highest BCUT2D eigenvalue weighted by Gasteiger charge is 2.17. The van der Waals surface area contributed by atoms with E-state index in [1.807, 2.05) is 32.0 Å². The maximum Gasteiger partial charge on any atom is 0.255 e. The van der Waals surface area contributed by atoms with Gasteiger partial charge in [0.1, 0.15) is 0 Å². The molecule has 2 nitrogen and oxygen atoms in total. The molecule has 2 rings (SSSR count). The van der Waals surface area contributed by atoms with E-state index in [-0.39, 0.29) is 5.91 Å². The fraction of sp³-hybridized carbons (Fsp3) is 0.381. The van der Waals surface area contributed by atoms with Crippen LogP contribution in [-0.4, -0.2) is 5.91 Å². The average Bonchev–Trinajstić information content (AvgIpc) is 2.46. The van der Waals surface area contributed by atoms with E-state index in [9.17, 15) is 4.79 Å². The number of anilines is 1. The van der Waals surface area contributed by atoms with E-state index in [2.05, 4.69) is 51.2 Å². The van der Waals surface area contributed by atoms with Gasteiger partial charge in [-0.25, -0.2) is 0 Å². The first-order valence-corrected chi connectivity index (χ1v) is 8.32. The van der Waals surface area contributed by atoms with Gasteiger partial charge in [-0.2, -0.15) is 0 Å². The summed E-state index contributed by atoms with van der Waals surface area (Å²) in [6.07, 6.45) is 0. The van der Waals surface area contributed by atoms with Crippen molar-refractivity contribution in [2.75, 3.05) is 5.32 Å². The number of nitrogens with one attached hydrogen (secondary N) is 1. The lowest BCUT2D eigenvalue weighted by molar-refractivity contribution is 0.102. The maximum absolute atomic E-state index is 12.8. The van der Waals surface area contributed by atoms with Crippen molar-refractivity contribution in [3.63, 3.8) is 0 Å². The zero-order valence-corrected chi connectivity index (χ0v) is 15.0. The minimum absolute atomic E-state index is 0.0301. The van der Waals surface area contributed by atoms with Crippen LogP contribution in [0.15, 0.2) is 36.4 Å². The Morgan fingerprint density at radius 1 is 0.913 bits per heavy atom. The Labute approximate surface area is 139 Å². The molecule has 2 aromatic rings. The largest absolute Gasteiger partial charge is 0.321 e. The molecule has 1 amide bonds. The lowest BCUT2D eigenvalue weighted by Crippen LogP contribution is -2.17. The van der Waals surface area contributed by atoms with Gasteiger partial charge in [-0.1, -0.05) is 63.6 Å². The van der Waals surface area contributed by atoms with Gasteiger partial charge in [0.15, 0.2) is 0 Å². The predicted molar refractivity (Wildman–Crippen MR) is 98.5 cm³/mol. The van der Waals surface area contributed by atoms with Crippen molar-refractivity contribution in [3.05, 3.63) is 64.2 Å². The molecule has 0 aliphatic heterocycles. The average molecular weight is 309 g/mol. The van der Waals surface area contributed by atoms with Crippen LogP contribution in [-0.2, 0) is 0 Å². The van der Waals surface area contributed by atoms with Crippen molar-refractivity contribution in [1.29, 1.82) is 0 Å². The van der Waals surface area contributed by atoms with Gasteiger partial charge in [0, 0.05) is 11.3 Å². The van der Waals surface area contributed by atoms with Crippen LogP contribution in [0.5, 0.6) is 0 Å². The molecule has 0 atom stereocenters. The molecule has 0 fully saturated rings. The molecule has 0 heterocycles. The summed E-state index contributed by atoms with van der Waals surface area (Å²) in [5.41, 5.74) is 6.27. The molecular formula is C21H27NO. The monoisotopic (exact) mass is 309 g/mol. The quantitative estimate of drug-likeness (QED) is 0.759. The molecule has 0 aliphatic rings. The fourth-order valence-corrected chi connectivity index (χ4v) is 2.94. The Kier molecular flexibility index (Phi) is 5.25. The van der Waals surface area contributed by atoms with Crippen molar-refractivity contribution < 1.29 is 4.79 Å². The molecule has 0 radical (unpaired) electrons. The van der Waals surface area contributed by atoms with Gasteiger partial charge >= 0.3 is 0 Å². The molecule has 0 aliphatic carbocycles. The second-order valence-electron chi connectivity index (χ2n) is 6.89. The van der Waals surface area contributed by atoms with Gasteiger partial charge < -0.3 is 5.32 Å². The van der Waals surface area contributed by atoms with Crippen molar-refractivity contribution in [2.45, 2.75) is 53.4 Å². The molecule has 0 saturated carbocycles. The number of hydrogen-bond acceptors (Lipinski definition) is 1. The molecule has 0 bridgehead atoms. The van der Waals surface area contributed by atoms with Crippen molar-refractivity contribution in [3.8, 4) is 0 Å². The molecule has 0 saturated heterocycles. The number of rotatable bonds is 4. The maximum atomic E-state index is 12.8. The van der Waals surface area contributed by atoms with Gasteiger partial charge in [0.2, 0.25) is 0 Å². The molecule has 2 aromatic carbocycles. The van der Waals surface area contributed by atoms with E-state index in [1.165, 1.54) is 16.7 Å². The third-order valence-corrected chi connectivity index (χ3v) is 4.24. The number of hydrogen-bond donors (Lipinski definition) is 1. The summed E-state index contributed by atoms with van der Waals surface area (Å²) in [6, 6.07) is 12.2. The van der Waals surface area contributed by atoms with Crippen molar-refractivity contribution >= 4 is 11.6 Å². The van der Waals surface area contributed by atoms with Crippen LogP contribution in [0.3, 0.4) is 0 Å². The second kappa shape index (κ2) is 6.99. The first-order chi connectivity index (χ1) is 10.8. The number of aryl methyl sites for hydroxylation is 2. The van der Waals surface area contributed by atoms with Crippen LogP contribution in [0.25, 0.3) is 0 Å². The first kappa shape index (κ1) is 17.3. The van der Waals surface area contributed by atoms with Crippen LogP contribution in [0, 0.1) is 13.8 Å². The summed E-state index contributed by atoms with van der Waals surface area (Å²) >= 11 is 0. The zero-order chi connectivity index (χ0) is 17.1. The SMILES string of the molecule is Cc1ccc(C(=O)Nc2c(C(C)C)cccc2C(C)C)c(C)c1. The van der Waals surface area contributed by atoms with E-state index in [0.29, 0.717) is 11.8 Å². The number of benzene rings is 2. The highest BCUT2D eigenvalue weighted by Crippen LogP contribution is 2.32. The third-order valence-electron chi connectivity index (χ3n) is 4.24. The Bertz CT molecular complexity index is 688. The van der Waals surface area contributed by atoms with E-state index >= 15 is 0 Å². The van der Waals surface area contributed by atoms with Gasteiger partial charge in [-0.05, 0) is 48.4 Å². The zero-order valence-electron chi connectivity index (χ0n) is 15.0. The van der Waals surface area contributed by atoms with Gasteiger partial charge in [0.25, 0.3) is 5.91 Å². The van der Waals surface area contributed by atoms with E-state index < -0.39 is 0 Å². The fourth-order valence-electron chi connectivity index (χ4n) is 2.94. The summed E-state index contributed by atoms with van der Waals surface area (Å²) in [5, 5.41) is 3.18. The normalized spacial score (nSPS) is 11.1. The Balaban J connectivity index is 2.44. The molecular weight excluding hydrogens is 282 g/mol. The third kappa shape index (κ3) is 3.82. The molecule has 2 heteroatoms. The predicted octanol–water partition coefficient (Wildman–Crippen LogP) is 5.80. The Hall–Kier alpha value is -2.09. The van der Waals surface area contributed by atoms with Crippen LogP contribution >= 0.6 is 0 Å². The number of amides is 1. The number of para-hydroxylation sites is 1. The van der Waals surface area contributed by atoms with E-state index in [1.54, 1.807) is 0 Å². The molecule has 122 valence electrons. The summed E-state index contributed by atoms with van der Waals surface area (Å²) < 4.78 is 0. The van der Waals surface area contributed by atoms with Gasteiger partial charge in [-0.15, -0.1) is 0 Å². The van der Waals surface area contributed by atoms with Crippen LogP contribution in [0.1, 0.15) is 72.1 Å². The topological polar surface area (TPSA) is 29.1 Å². The molecule has 0 spiro atoms. The van der Waals surface area contributed by atoms with Crippen LogP contribution in [0.2, 0.25) is 0 Å². The Morgan fingerprint density at radius 2 is 1.48 bits per heavy atom. The summed E-state index contributed by atoms with van der Waals surface area (Å²) in [4.78, 5) is 12.8. The molecule has 0 aromatic heterocycles. The lowest BCUT2D eigenvalue weighted by atomic mass is 9.92. The van der Waals surface area contributed by atoms with Gasteiger partial charge in [0.05, 0.1) is 0 Å². The Morgan fingerprint density at radius 3 is 1.96 bits per heavy atom. The minimum atomic E-state index is -0.0301. The summed E-state index contributed by atoms with van der Waals surface area (Å²) in [7, 11) is 0. The van der Waals surface area contributed by atoms with E-state index in [4.69, 9.17) is 0 Å². The van der Waals surface area contributed by atoms with Crippen molar-refractivity contribution in [1.82, 2.24) is 0 Å².